The van der Waals surface area contributed by atoms with E-state index in [2.05, 4.69) is 10.0 Å². The molecular weight excluding hydrogens is 414 g/mol. The number of nitrogens with two attached hydrogens (primary N) is 1. The smallest absolute Gasteiger partial charge is 0.229 e. The average molecular weight is 446 g/mol. The van der Waals surface area contributed by atoms with E-state index in [1.54, 1.807) is 19.2 Å². The van der Waals surface area contributed by atoms with E-state index in [9.17, 15) is 13.2 Å². The van der Waals surface area contributed by atoms with E-state index >= 15 is 0 Å². The van der Waals surface area contributed by atoms with Gasteiger partial charge in [-0.2, -0.15) is 0 Å². The summed E-state index contributed by atoms with van der Waals surface area (Å²) in [6.07, 6.45) is 4.96. The third-order valence-corrected chi connectivity index (χ3v) is 6.81. The second kappa shape index (κ2) is 9.28. The number of sulfonamides is 1. The molecule has 1 amide bonds. The number of anilines is 1. The van der Waals surface area contributed by atoms with Crippen molar-refractivity contribution >= 4 is 21.6 Å². The zero-order valence-electron chi connectivity index (χ0n) is 18.3. The maximum atomic E-state index is 12.5. The second-order valence-electron chi connectivity index (χ2n) is 8.36. The molecule has 1 aliphatic carbocycles. The summed E-state index contributed by atoms with van der Waals surface area (Å²) >= 11 is 0. The lowest BCUT2D eigenvalue weighted by atomic mass is 9.68. The Morgan fingerprint density at radius 3 is 2.26 bits per heavy atom. The van der Waals surface area contributed by atoms with Gasteiger partial charge >= 0.3 is 0 Å². The van der Waals surface area contributed by atoms with Crippen LogP contribution in [-0.2, 0) is 21.2 Å². The topological polar surface area (TPSA) is 111 Å². The minimum atomic E-state index is -3.32. The van der Waals surface area contributed by atoms with Gasteiger partial charge in [0.2, 0.25) is 15.9 Å². The summed E-state index contributed by atoms with van der Waals surface area (Å²) < 4.78 is 30.9. The highest BCUT2D eigenvalue weighted by Crippen LogP contribution is 2.41. The lowest BCUT2D eigenvalue weighted by Gasteiger charge is -2.38. The van der Waals surface area contributed by atoms with Crippen molar-refractivity contribution in [1.82, 2.24) is 5.32 Å². The predicted molar refractivity (Wildman–Crippen MR) is 124 cm³/mol. The molecule has 2 aromatic rings. The molecule has 3 rings (SSSR count). The zero-order valence-corrected chi connectivity index (χ0v) is 19.1. The monoisotopic (exact) mass is 445 g/mol. The van der Waals surface area contributed by atoms with Crippen LogP contribution >= 0.6 is 0 Å². The summed E-state index contributed by atoms with van der Waals surface area (Å²) in [5.41, 5.74) is 8.66. The lowest BCUT2D eigenvalue weighted by molar-refractivity contribution is -0.129. The van der Waals surface area contributed by atoms with E-state index in [-0.39, 0.29) is 5.91 Å². The Morgan fingerprint density at radius 1 is 1.13 bits per heavy atom. The molecule has 168 valence electrons. The number of carbonyl (C=O) groups is 1. The average Bonchev–Trinajstić information content (AvgIpc) is 2.73. The minimum absolute atomic E-state index is 0.259. The number of ether oxygens (including phenoxy) is 1. The number of nitrogens with one attached hydrogen (secondary N) is 2. The fraction of sp³-hybridized carbons (Fsp3) is 0.435. The van der Waals surface area contributed by atoms with Crippen molar-refractivity contribution in [3.63, 3.8) is 0 Å². The van der Waals surface area contributed by atoms with Crippen LogP contribution in [0.5, 0.6) is 5.75 Å². The molecule has 0 unspecified atom stereocenters. The molecule has 2 aromatic carbocycles. The maximum Gasteiger partial charge on any atom is 0.229 e. The Bertz CT molecular complexity index is 1030. The molecule has 8 heteroatoms. The molecule has 0 aliphatic heterocycles. The number of methoxy groups -OCH3 is 1. The van der Waals surface area contributed by atoms with Crippen LogP contribution in [0.3, 0.4) is 0 Å². The van der Waals surface area contributed by atoms with Gasteiger partial charge in [-0.25, -0.2) is 8.42 Å². The normalized spacial score (nSPS) is 21.5. The Hall–Kier alpha value is -2.58. The van der Waals surface area contributed by atoms with Gasteiger partial charge in [-0.3, -0.25) is 9.52 Å². The summed E-state index contributed by atoms with van der Waals surface area (Å²) in [5.74, 6) is 0.473. The van der Waals surface area contributed by atoms with E-state index in [0.717, 1.165) is 54.4 Å². The first kappa shape index (κ1) is 23.1. The van der Waals surface area contributed by atoms with Gasteiger partial charge in [-0.1, -0.05) is 18.2 Å². The first-order valence-electron chi connectivity index (χ1n) is 10.4. The van der Waals surface area contributed by atoms with Crippen LogP contribution < -0.4 is 20.5 Å². The summed E-state index contributed by atoms with van der Waals surface area (Å²) in [4.78, 5) is 12.5. The SMILES string of the molecule is CNC1CCC(Cc2cc(-c3ccc(NS(C)(=O)=O)cc3)ccc2OC)(C(N)=O)CC1. The van der Waals surface area contributed by atoms with Gasteiger partial charge < -0.3 is 15.8 Å². The van der Waals surface area contributed by atoms with Crippen LogP contribution in [0.25, 0.3) is 11.1 Å². The largest absolute Gasteiger partial charge is 0.496 e. The van der Waals surface area contributed by atoms with Crippen molar-refractivity contribution in [2.45, 2.75) is 38.1 Å². The molecule has 4 N–H and O–H groups in total. The molecule has 1 saturated carbocycles. The van der Waals surface area contributed by atoms with Crippen LogP contribution in [0.4, 0.5) is 5.69 Å². The molecule has 1 fully saturated rings. The maximum absolute atomic E-state index is 12.5. The van der Waals surface area contributed by atoms with Crippen LogP contribution in [-0.4, -0.2) is 40.8 Å². The number of benzene rings is 2. The molecule has 0 spiro atoms. The van der Waals surface area contributed by atoms with Gasteiger partial charge in [-0.15, -0.1) is 0 Å². The molecule has 0 heterocycles. The fourth-order valence-corrected chi connectivity index (χ4v) is 4.94. The number of carbonyl (C=O) groups excluding carboxylic acids is 1. The van der Waals surface area contributed by atoms with Gasteiger partial charge in [-0.05, 0) is 80.1 Å². The van der Waals surface area contributed by atoms with E-state index in [0.29, 0.717) is 18.2 Å². The standard InChI is InChI=1S/C23H31N3O4S/c1-25-19-10-12-23(13-11-19,22(24)27)15-18-14-17(6-9-21(18)30-2)16-4-7-20(8-5-16)26-31(3,28)29/h4-9,14,19,25-26H,10-13,15H2,1-3H3,(H2,24,27). The molecule has 0 atom stereocenters. The third-order valence-electron chi connectivity index (χ3n) is 6.20. The Balaban J connectivity index is 1.89. The van der Waals surface area contributed by atoms with E-state index < -0.39 is 15.4 Å². The number of rotatable bonds is 8. The van der Waals surface area contributed by atoms with Crippen molar-refractivity contribution in [3.8, 4) is 16.9 Å². The minimum Gasteiger partial charge on any atom is -0.496 e. The van der Waals surface area contributed by atoms with Gasteiger partial charge in [0, 0.05) is 11.7 Å². The molecule has 0 saturated heterocycles. The molecule has 31 heavy (non-hydrogen) atoms. The number of primary amides is 1. The summed E-state index contributed by atoms with van der Waals surface area (Å²) in [6, 6.07) is 13.5. The quantitative estimate of drug-likeness (QED) is 0.579. The van der Waals surface area contributed by atoms with E-state index in [1.807, 2.05) is 37.4 Å². The number of hydrogen-bond donors (Lipinski definition) is 3. The van der Waals surface area contributed by atoms with Crippen molar-refractivity contribution in [1.29, 1.82) is 0 Å². The van der Waals surface area contributed by atoms with Gasteiger partial charge in [0.25, 0.3) is 0 Å². The summed E-state index contributed by atoms with van der Waals surface area (Å²) in [7, 11) is 0.251. The van der Waals surface area contributed by atoms with Crippen LogP contribution in [0.1, 0.15) is 31.2 Å². The first-order valence-corrected chi connectivity index (χ1v) is 12.3. The second-order valence-corrected chi connectivity index (χ2v) is 10.1. The van der Waals surface area contributed by atoms with Crippen LogP contribution in [0, 0.1) is 5.41 Å². The zero-order chi connectivity index (χ0) is 22.6. The van der Waals surface area contributed by atoms with Crippen LogP contribution in [0.2, 0.25) is 0 Å². The van der Waals surface area contributed by atoms with Crippen molar-refractivity contribution in [2.24, 2.45) is 11.1 Å². The molecule has 0 bridgehead atoms. The Kier molecular flexibility index (Phi) is 6.91. The third kappa shape index (κ3) is 5.57. The van der Waals surface area contributed by atoms with Gasteiger partial charge in [0.1, 0.15) is 5.75 Å². The van der Waals surface area contributed by atoms with E-state index in [4.69, 9.17) is 10.5 Å². The lowest BCUT2D eigenvalue weighted by Crippen LogP contribution is -2.45. The summed E-state index contributed by atoms with van der Waals surface area (Å²) in [6.45, 7) is 0. The van der Waals surface area contributed by atoms with Crippen molar-refractivity contribution in [2.75, 3.05) is 25.1 Å². The highest BCUT2D eigenvalue weighted by Gasteiger charge is 2.40. The summed E-state index contributed by atoms with van der Waals surface area (Å²) in [5, 5.41) is 3.30. The predicted octanol–water partition coefficient (Wildman–Crippen LogP) is 2.91. The van der Waals surface area contributed by atoms with Crippen molar-refractivity contribution < 1.29 is 17.9 Å². The van der Waals surface area contributed by atoms with Gasteiger partial charge in [0.15, 0.2) is 0 Å². The van der Waals surface area contributed by atoms with Crippen LogP contribution in [0.15, 0.2) is 42.5 Å². The Labute approximate surface area is 184 Å². The molecular formula is C23H31N3O4S. The highest BCUT2D eigenvalue weighted by atomic mass is 32.2. The Morgan fingerprint density at radius 2 is 1.74 bits per heavy atom. The molecule has 1 aliphatic rings. The fourth-order valence-electron chi connectivity index (χ4n) is 4.38. The number of hydrogen-bond acceptors (Lipinski definition) is 5. The number of amides is 1. The first-order chi connectivity index (χ1) is 14.7. The van der Waals surface area contributed by atoms with Crippen molar-refractivity contribution in [3.05, 3.63) is 48.0 Å². The van der Waals surface area contributed by atoms with Gasteiger partial charge in [0.05, 0.1) is 18.8 Å². The molecule has 0 radical (unpaired) electrons. The molecule has 7 nitrogen and oxygen atoms in total. The highest BCUT2D eigenvalue weighted by molar-refractivity contribution is 7.92. The molecule has 0 aromatic heterocycles. The van der Waals surface area contributed by atoms with E-state index in [1.165, 1.54) is 0 Å².